The highest BCUT2D eigenvalue weighted by Gasteiger charge is 2.38. The maximum absolute atomic E-state index is 12.8. The number of aliphatic hydroxyl groups excluding tert-OH is 1. The largest absolute Gasteiger partial charge is 0.394 e. The average molecular weight is 341 g/mol. The number of hydrogen-bond acceptors (Lipinski definition) is 5. The Morgan fingerprint density at radius 1 is 1.21 bits per heavy atom. The Labute approximate surface area is 143 Å². The van der Waals surface area contributed by atoms with Crippen LogP contribution in [0.2, 0.25) is 0 Å². The Morgan fingerprint density at radius 3 is 2.75 bits per heavy atom. The van der Waals surface area contributed by atoms with E-state index in [1.807, 2.05) is 36.4 Å². The quantitative estimate of drug-likeness (QED) is 0.498. The number of fused-ring (bicyclic) bond motifs is 1. The molecule has 2 aromatic rings. The van der Waals surface area contributed by atoms with Crippen molar-refractivity contribution < 1.29 is 14.7 Å². The van der Waals surface area contributed by atoms with Gasteiger partial charge < -0.3 is 10.4 Å². The van der Waals surface area contributed by atoms with E-state index in [0.29, 0.717) is 5.69 Å². The SMILES string of the molecule is O=C1NC(=S)N(c2cccc3ccccc23)C(=O)[C@@H]1C=NCCO. The van der Waals surface area contributed by atoms with Crippen molar-refractivity contribution in [2.24, 2.45) is 10.9 Å². The van der Waals surface area contributed by atoms with Gasteiger partial charge in [0.15, 0.2) is 11.0 Å². The van der Waals surface area contributed by atoms with E-state index >= 15 is 0 Å². The van der Waals surface area contributed by atoms with Gasteiger partial charge in [0.05, 0.1) is 18.8 Å². The third-order valence-electron chi connectivity index (χ3n) is 3.69. The van der Waals surface area contributed by atoms with E-state index in [2.05, 4.69) is 10.3 Å². The van der Waals surface area contributed by atoms with Crippen LogP contribution in [0.25, 0.3) is 10.8 Å². The van der Waals surface area contributed by atoms with Crippen LogP contribution in [-0.4, -0.2) is 41.4 Å². The van der Waals surface area contributed by atoms with Gasteiger partial charge in [0.2, 0.25) is 5.91 Å². The van der Waals surface area contributed by atoms with E-state index in [4.69, 9.17) is 17.3 Å². The second-order valence-corrected chi connectivity index (χ2v) is 5.61. The summed E-state index contributed by atoms with van der Waals surface area (Å²) in [4.78, 5) is 30.1. The maximum atomic E-state index is 12.8. The molecular weight excluding hydrogens is 326 g/mol. The Morgan fingerprint density at radius 2 is 1.96 bits per heavy atom. The summed E-state index contributed by atoms with van der Waals surface area (Å²) in [6.07, 6.45) is 1.26. The highest BCUT2D eigenvalue weighted by Crippen LogP contribution is 2.29. The van der Waals surface area contributed by atoms with Gasteiger partial charge in [-0.2, -0.15) is 0 Å². The molecule has 2 aromatic carbocycles. The van der Waals surface area contributed by atoms with Crippen LogP contribution in [-0.2, 0) is 9.59 Å². The third kappa shape index (κ3) is 2.91. The number of nitrogens with zero attached hydrogens (tertiary/aromatic N) is 2. The summed E-state index contributed by atoms with van der Waals surface area (Å²) >= 11 is 5.20. The van der Waals surface area contributed by atoms with Crippen LogP contribution in [0.3, 0.4) is 0 Å². The van der Waals surface area contributed by atoms with Crippen LogP contribution in [0.15, 0.2) is 47.5 Å². The van der Waals surface area contributed by atoms with E-state index in [0.717, 1.165) is 10.8 Å². The molecule has 0 unspecified atom stereocenters. The van der Waals surface area contributed by atoms with E-state index in [9.17, 15) is 9.59 Å². The number of anilines is 1. The van der Waals surface area contributed by atoms with E-state index < -0.39 is 17.7 Å². The average Bonchev–Trinajstić information content (AvgIpc) is 2.58. The standard InChI is InChI=1S/C17H15N3O3S/c21-9-8-18-10-13-15(22)19-17(24)20(16(13)23)14-7-3-5-11-4-1-2-6-12(11)14/h1-7,10,13,21H,8-9H2,(H,19,22,24)/t13-/m1/s1. The van der Waals surface area contributed by atoms with Crippen LogP contribution in [0, 0.1) is 5.92 Å². The van der Waals surface area contributed by atoms with Gasteiger partial charge in [0.1, 0.15) is 0 Å². The van der Waals surface area contributed by atoms with Gasteiger partial charge in [-0.3, -0.25) is 19.5 Å². The molecule has 0 radical (unpaired) electrons. The first-order chi connectivity index (χ1) is 11.6. The first-order valence-corrected chi connectivity index (χ1v) is 7.81. The van der Waals surface area contributed by atoms with Crippen molar-refractivity contribution in [3.05, 3.63) is 42.5 Å². The number of rotatable bonds is 4. The normalized spacial score (nSPS) is 18.5. The molecule has 1 saturated heterocycles. The lowest BCUT2D eigenvalue weighted by molar-refractivity contribution is -0.130. The summed E-state index contributed by atoms with van der Waals surface area (Å²) in [6, 6.07) is 13.2. The predicted molar refractivity (Wildman–Crippen MR) is 96.1 cm³/mol. The number of nitrogens with one attached hydrogen (secondary N) is 1. The van der Waals surface area contributed by atoms with Crippen LogP contribution < -0.4 is 10.2 Å². The van der Waals surface area contributed by atoms with Crippen molar-refractivity contribution in [3.63, 3.8) is 0 Å². The van der Waals surface area contributed by atoms with Crippen molar-refractivity contribution in [1.29, 1.82) is 0 Å². The third-order valence-corrected chi connectivity index (χ3v) is 3.98. The zero-order valence-corrected chi connectivity index (χ0v) is 13.5. The predicted octanol–water partition coefficient (Wildman–Crippen LogP) is 1.27. The molecule has 3 rings (SSSR count). The van der Waals surface area contributed by atoms with Crippen molar-refractivity contribution >= 4 is 51.8 Å². The molecule has 0 aliphatic carbocycles. The minimum absolute atomic E-state index is 0.0492. The molecule has 1 fully saturated rings. The minimum atomic E-state index is -1.07. The van der Waals surface area contributed by atoms with Gasteiger partial charge in [-0.25, -0.2) is 0 Å². The van der Waals surface area contributed by atoms with Crippen molar-refractivity contribution in [1.82, 2.24) is 5.32 Å². The molecule has 24 heavy (non-hydrogen) atoms. The van der Waals surface area contributed by atoms with Crippen molar-refractivity contribution in [3.8, 4) is 0 Å². The number of aliphatic hydroxyl groups is 1. The number of hydrogen-bond donors (Lipinski definition) is 2. The second kappa shape index (κ2) is 6.86. The molecule has 0 saturated carbocycles. The van der Waals surface area contributed by atoms with Gasteiger partial charge in [0.25, 0.3) is 5.91 Å². The summed E-state index contributed by atoms with van der Waals surface area (Å²) in [5.74, 6) is -2.04. The highest BCUT2D eigenvalue weighted by atomic mass is 32.1. The minimum Gasteiger partial charge on any atom is -0.394 e. The topological polar surface area (TPSA) is 82.0 Å². The number of thiocarbonyl (C=S) groups is 1. The van der Waals surface area contributed by atoms with Gasteiger partial charge in [-0.15, -0.1) is 0 Å². The lowest BCUT2D eigenvalue weighted by Crippen LogP contribution is -2.58. The monoisotopic (exact) mass is 341 g/mol. The lowest BCUT2D eigenvalue weighted by atomic mass is 10.0. The summed E-state index contributed by atoms with van der Waals surface area (Å²) in [5, 5.41) is 13.2. The summed E-state index contributed by atoms with van der Waals surface area (Å²) in [5.41, 5.74) is 0.614. The first-order valence-electron chi connectivity index (χ1n) is 7.41. The van der Waals surface area contributed by atoms with Gasteiger partial charge in [-0.1, -0.05) is 36.4 Å². The molecule has 7 heteroatoms. The van der Waals surface area contributed by atoms with Gasteiger partial charge >= 0.3 is 0 Å². The smallest absolute Gasteiger partial charge is 0.251 e. The number of carbonyl (C=O) groups excluding carboxylic acids is 2. The van der Waals surface area contributed by atoms with Crippen LogP contribution in [0.1, 0.15) is 0 Å². The molecule has 1 heterocycles. The zero-order valence-electron chi connectivity index (χ0n) is 12.7. The van der Waals surface area contributed by atoms with E-state index in [-0.39, 0.29) is 18.3 Å². The highest BCUT2D eigenvalue weighted by molar-refractivity contribution is 7.80. The molecule has 1 atom stereocenters. The van der Waals surface area contributed by atoms with E-state index in [1.165, 1.54) is 11.1 Å². The summed E-state index contributed by atoms with van der Waals surface area (Å²) in [7, 11) is 0. The fraction of sp³-hybridized carbons (Fsp3) is 0.176. The second-order valence-electron chi connectivity index (χ2n) is 5.22. The molecule has 122 valence electrons. The fourth-order valence-electron chi connectivity index (χ4n) is 2.59. The molecular formula is C17H15N3O3S. The molecule has 2 amide bonds. The lowest BCUT2D eigenvalue weighted by Gasteiger charge is -2.31. The molecule has 2 N–H and O–H groups in total. The number of aliphatic imine (C=N–C) groups is 1. The molecule has 0 aromatic heterocycles. The van der Waals surface area contributed by atoms with Gasteiger partial charge in [0, 0.05) is 11.6 Å². The van der Waals surface area contributed by atoms with Crippen molar-refractivity contribution in [2.75, 3.05) is 18.1 Å². The fourth-order valence-corrected chi connectivity index (χ4v) is 2.88. The van der Waals surface area contributed by atoms with Gasteiger partial charge in [-0.05, 0) is 23.7 Å². The summed E-state index contributed by atoms with van der Waals surface area (Å²) < 4.78 is 0. The zero-order chi connectivity index (χ0) is 17.1. The number of amides is 2. The number of benzene rings is 2. The van der Waals surface area contributed by atoms with Crippen LogP contribution in [0.5, 0.6) is 0 Å². The Kier molecular flexibility index (Phi) is 4.64. The Balaban J connectivity index is 2.03. The molecule has 1 aliphatic heterocycles. The molecule has 0 bridgehead atoms. The molecule has 6 nitrogen and oxygen atoms in total. The maximum Gasteiger partial charge on any atom is 0.251 e. The first kappa shape index (κ1) is 16.2. The van der Waals surface area contributed by atoms with Crippen LogP contribution >= 0.6 is 12.2 Å². The molecule has 0 spiro atoms. The van der Waals surface area contributed by atoms with Crippen molar-refractivity contribution in [2.45, 2.75) is 0 Å². The van der Waals surface area contributed by atoms with Crippen LogP contribution in [0.4, 0.5) is 5.69 Å². The molecule has 1 aliphatic rings. The Bertz CT molecular complexity index is 845. The summed E-state index contributed by atoms with van der Waals surface area (Å²) in [6.45, 7) is -0.0136. The number of carbonyl (C=O) groups is 2. The Hall–Kier alpha value is -2.64. The van der Waals surface area contributed by atoms with E-state index in [1.54, 1.807) is 6.07 Å².